The van der Waals surface area contributed by atoms with Crippen LogP contribution in [0.1, 0.15) is 5.56 Å². The second-order valence-corrected chi connectivity index (χ2v) is 3.92. The van der Waals surface area contributed by atoms with Gasteiger partial charge in [-0.25, -0.2) is 0 Å². The maximum Gasteiger partial charge on any atom is 0.277 e. The van der Waals surface area contributed by atoms with E-state index in [-0.39, 0.29) is 37.2 Å². The minimum Gasteiger partial charge on any atom is -0.395 e. The van der Waals surface area contributed by atoms with Crippen LogP contribution in [-0.2, 0) is 16.1 Å². The molecule has 5 nitrogen and oxygen atoms in total. The van der Waals surface area contributed by atoms with E-state index in [1.807, 2.05) is 30.3 Å². The van der Waals surface area contributed by atoms with Crippen molar-refractivity contribution < 1.29 is 14.7 Å². The first-order chi connectivity index (χ1) is 8.72. The SMILES string of the molecule is O=C1C=C(NCCO)C(=O)N1Cc1ccccc1. The van der Waals surface area contributed by atoms with Crippen molar-refractivity contribution in [3.63, 3.8) is 0 Å². The summed E-state index contributed by atoms with van der Waals surface area (Å²) in [5.74, 6) is -0.679. The molecule has 0 radical (unpaired) electrons. The Labute approximate surface area is 105 Å². The molecule has 1 aromatic carbocycles. The highest BCUT2D eigenvalue weighted by Crippen LogP contribution is 2.14. The summed E-state index contributed by atoms with van der Waals surface area (Å²) >= 11 is 0. The molecule has 2 rings (SSSR count). The van der Waals surface area contributed by atoms with Gasteiger partial charge < -0.3 is 10.4 Å². The number of aliphatic hydroxyl groups excluding tert-OH is 1. The van der Waals surface area contributed by atoms with Crippen LogP contribution in [0.25, 0.3) is 0 Å². The molecule has 0 fully saturated rings. The van der Waals surface area contributed by atoms with Crippen molar-refractivity contribution in [2.75, 3.05) is 13.2 Å². The molecule has 0 aromatic heterocycles. The Morgan fingerprint density at radius 2 is 1.89 bits per heavy atom. The van der Waals surface area contributed by atoms with Crippen LogP contribution in [0.2, 0.25) is 0 Å². The summed E-state index contributed by atoms with van der Waals surface area (Å²) in [4.78, 5) is 24.8. The lowest BCUT2D eigenvalue weighted by Crippen LogP contribution is -2.33. The second-order valence-electron chi connectivity index (χ2n) is 3.92. The summed E-state index contributed by atoms with van der Waals surface area (Å²) in [6.45, 7) is 0.431. The van der Waals surface area contributed by atoms with E-state index >= 15 is 0 Å². The summed E-state index contributed by atoms with van der Waals surface area (Å²) in [6, 6.07) is 9.32. The van der Waals surface area contributed by atoms with E-state index in [9.17, 15) is 9.59 Å². The van der Waals surface area contributed by atoms with E-state index < -0.39 is 0 Å². The molecule has 2 N–H and O–H groups in total. The van der Waals surface area contributed by atoms with Crippen LogP contribution in [0.5, 0.6) is 0 Å². The molecule has 0 unspecified atom stereocenters. The van der Waals surface area contributed by atoms with Crippen LogP contribution >= 0.6 is 0 Å². The number of nitrogens with zero attached hydrogens (tertiary/aromatic N) is 1. The first-order valence-electron chi connectivity index (χ1n) is 5.68. The summed E-state index contributed by atoms with van der Waals surface area (Å²) in [5.41, 5.74) is 1.14. The molecule has 1 heterocycles. The molecular formula is C13H14N2O3. The number of rotatable bonds is 5. The van der Waals surface area contributed by atoms with Gasteiger partial charge in [-0.15, -0.1) is 0 Å². The molecule has 2 amide bonds. The lowest BCUT2D eigenvalue weighted by molar-refractivity contribution is -0.138. The average Bonchev–Trinajstić information content (AvgIpc) is 2.65. The standard InChI is InChI=1S/C13H14N2O3/c16-7-6-14-11-8-12(17)15(13(11)18)9-10-4-2-1-3-5-10/h1-5,8,14,16H,6-7,9H2. The van der Waals surface area contributed by atoms with Crippen molar-refractivity contribution >= 4 is 11.8 Å². The molecular weight excluding hydrogens is 232 g/mol. The summed E-state index contributed by atoms with van der Waals surface area (Å²) in [6.07, 6.45) is 1.26. The monoisotopic (exact) mass is 246 g/mol. The van der Waals surface area contributed by atoms with Crippen LogP contribution < -0.4 is 5.32 Å². The second kappa shape index (κ2) is 5.46. The predicted molar refractivity (Wildman–Crippen MR) is 65.2 cm³/mol. The third-order valence-electron chi connectivity index (χ3n) is 2.62. The molecule has 0 spiro atoms. The van der Waals surface area contributed by atoms with E-state index in [2.05, 4.69) is 5.32 Å². The van der Waals surface area contributed by atoms with Crippen molar-refractivity contribution in [3.8, 4) is 0 Å². The van der Waals surface area contributed by atoms with Gasteiger partial charge in [0.1, 0.15) is 5.70 Å². The molecule has 18 heavy (non-hydrogen) atoms. The average molecular weight is 246 g/mol. The summed E-state index contributed by atoms with van der Waals surface area (Å²) in [5, 5.41) is 11.4. The number of carbonyl (C=O) groups excluding carboxylic acids is 2. The van der Waals surface area contributed by atoms with Gasteiger partial charge in [0.05, 0.1) is 13.2 Å². The van der Waals surface area contributed by atoms with Crippen LogP contribution in [0.4, 0.5) is 0 Å². The molecule has 5 heteroatoms. The zero-order valence-electron chi connectivity index (χ0n) is 9.80. The molecule has 0 saturated carbocycles. The van der Waals surface area contributed by atoms with E-state index in [4.69, 9.17) is 5.11 Å². The number of amides is 2. The molecule has 0 bridgehead atoms. The third kappa shape index (κ3) is 2.57. The van der Waals surface area contributed by atoms with E-state index in [0.717, 1.165) is 5.56 Å². The fourth-order valence-electron chi connectivity index (χ4n) is 1.74. The smallest absolute Gasteiger partial charge is 0.277 e. The van der Waals surface area contributed by atoms with Gasteiger partial charge >= 0.3 is 0 Å². The van der Waals surface area contributed by atoms with Gasteiger partial charge in [-0.2, -0.15) is 0 Å². The van der Waals surface area contributed by atoms with Gasteiger partial charge in [0, 0.05) is 12.6 Å². The van der Waals surface area contributed by atoms with E-state index in [1.165, 1.54) is 11.0 Å². The number of benzene rings is 1. The largest absolute Gasteiger partial charge is 0.395 e. The zero-order valence-corrected chi connectivity index (χ0v) is 9.80. The minimum absolute atomic E-state index is 0.0858. The first kappa shape index (κ1) is 12.3. The number of aliphatic hydroxyl groups is 1. The lowest BCUT2D eigenvalue weighted by Gasteiger charge is -2.15. The van der Waals surface area contributed by atoms with Crippen LogP contribution in [0.3, 0.4) is 0 Å². The lowest BCUT2D eigenvalue weighted by atomic mass is 10.2. The Morgan fingerprint density at radius 1 is 1.17 bits per heavy atom. The Bertz CT molecular complexity index is 482. The number of imide groups is 1. The fraction of sp³-hybridized carbons (Fsp3) is 0.231. The Kier molecular flexibility index (Phi) is 3.74. The van der Waals surface area contributed by atoms with E-state index in [1.54, 1.807) is 0 Å². The van der Waals surface area contributed by atoms with Crippen molar-refractivity contribution in [2.24, 2.45) is 0 Å². The van der Waals surface area contributed by atoms with Crippen LogP contribution in [0.15, 0.2) is 42.1 Å². The Morgan fingerprint density at radius 3 is 2.56 bits per heavy atom. The number of hydrogen-bond donors (Lipinski definition) is 2. The van der Waals surface area contributed by atoms with Gasteiger partial charge in [0.2, 0.25) is 0 Å². The highest BCUT2D eigenvalue weighted by Gasteiger charge is 2.30. The van der Waals surface area contributed by atoms with Gasteiger partial charge in [-0.3, -0.25) is 14.5 Å². The van der Waals surface area contributed by atoms with Crippen molar-refractivity contribution in [1.29, 1.82) is 0 Å². The quantitative estimate of drug-likeness (QED) is 0.719. The predicted octanol–water partition coefficient (Wildman–Crippen LogP) is 0.0212. The topological polar surface area (TPSA) is 69.6 Å². The number of hydrogen-bond acceptors (Lipinski definition) is 4. The Hall–Kier alpha value is -2.14. The molecule has 1 aliphatic rings. The molecule has 1 aliphatic heterocycles. The molecule has 0 atom stereocenters. The highest BCUT2D eigenvalue weighted by molar-refractivity contribution is 6.15. The number of nitrogens with one attached hydrogen (secondary N) is 1. The molecule has 0 saturated heterocycles. The van der Waals surface area contributed by atoms with Crippen LogP contribution in [0, 0.1) is 0 Å². The zero-order chi connectivity index (χ0) is 13.0. The van der Waals surface area contributed by atoms with Crippen molar-refractivity contribution in [1.82, 2.24) is 10.2 Å². The highest BCUT2D eigenvalue weighted by atomic mass is 16.3. The molecule has 94 valence electrons. The van der Waals surface area contributed by atoms with Gasteiger partial charge in [0.25, 0.3) is 11.8 Å². The van der Waals surface area contributed by atoms with Crippen molar-refractivity contribution in [3.05, 3.63) is 47.7 Å². The molecule has 1 aromatic rings. The first-order valence-corrected chi connectivity index (χ1v) is 5.68. The normalized spacial score (nSPS) is 14.9. The third-order valence-corrected chi connectivity index (χ3v) is 2.62. The summed E-state index contributed by atoms with van der Waals surface area (Å²) < 4.78 is 0. The maximum atomic E-state index is 11.9. The minimum atomic E-state index is -0.350. The summed E-state index contributed by atoms with van der Waals surface area (Å²) in [7, 11) is 0. The van der Waals surface area contributed by atoms with Gasteiger partial charge in [-0.05, 0) is 5.56 Å². The van der Waals surface area contributed by atoms with E-state index in [0.29, 0.717) is 0 Å². The fourth-order valence-corrected chi connectivity index (χ4v) is 1.74. The van der Waals surface area contributed by atoms with Gasteiger partial charge in [0.15, 0.2) is 0 Å². The maximum absolute atomic E-state index is 11.9. The number of carbonyl (C=O) groups is 2. The molecule has 0 aliphatic carbocycles. The van der Waals surface area contributed by atoms with Gasteiger partial charge in [-0.1, -0.05) is 30.3 Å². The van der Waals surface area contributed by atoms with Crippen molar-refractivity contribution in [2.45, 2.75) is 6.54 Å². The van der Waals surface area contributed by atoms with Crippen LogP contribution in [-0.4, -0.2) is 35.0 Å². The Balaban J connectivity index is 2.04.